The van der Waals surface area contributed by atoms with Gasteiger partial charge in [-0.3, -0.25) is 0 Å². The van der Waals surface area contributed by atoms with Crippen molar-refractivity contribution in [2.45, 2.75) is 38.4 Å². The standard InChI is InChI=1S/C18H16F6O/c1-11(13-3-7-15(8-4-13)17(19,20)21)25-12(2)14-5-9-16(10-6-14)18(22,23)24/h3-12H,1-2H3. The molecule has 0 saturated heterocycles. The van der Waals surface area contributed by atoms with Gasteiger partial charge in [-0.2, -0.15) is 26.3 Å². The Morgan fingerprint density at radius 3 is 1.12 bits per heavy atom. The molecule has 2 unspecified atom stereocenters. The minimum atomic E-state index is -4.41. The van der Waals surface area contributed by atoms with E-state index in [9.17, 15) is 26.3 Å². The number of benzene rings is 2. The topological polar surface area (TPSA) is 9.23 Å². The van der Waals surface area contributed by atoms with Gasteiger partial charge in [-0.05, 0) is 49.2 Å². The van der Waals surface area contributed by atoms with E-state index in [2.05, 4.69) is 0 Å². The molecule has 0 aliphatic rings. The van der Waals surface area contributed by atoms with Crippen LogP contribution in [0.1, 0.15) is 48.3 Å². The highest BCUT2D eigenvalue weighted by Crippen LogP contribution is 2.33. The van der Waals surface area contributed by atoms with Crippen LogP contribution in [0.25, 0.3) is 0 Å². The molecule has 136 valence electrons. The Bertz CT molecular complexity index is 624. The van der Waals surface area contributed by atoms with Crippen molar-refractivity contribution in [1.82, 2.24) is 0 Å². The molecular weight excluding hydrogens is 346 g/mol. The summed E-state index contributed by atoms with van der Waals surface area (Å²) in [5, 5.41) is 0. The zero-order chi connectivity index (χ0) is 18.8. The molecule has 0 aromatic heterocycles. The smallest absolute Gasteiger partial charge is 0.366 e. The summed E-state index contributed by atoms with van der Waals surface area (Å²) in [6.07, 6.45) is -9.84. The molecule has 0 N–H and O–H groups in total. The van der Waals surface area contributed by atoms with Crippen LogP contribution >= 0.6 is 0 Å². The lowest BCUT2D eigenvalue weighted by Gasteiger charge is -2.21. The third-order valence-corrected chi connectivity index (χ3v) is 3.82. The Labute approximate surface area is 141 Å². The fraction of sp³-hybridized carbons (Fsp3) is 0.333. The van der Waals surface area contributed by atoms with Crippen LogP contribution in [0.5, 0.6) is 0 Å². The maximum Gasteiger partial charge on any atom is 0.416 e. The van der Waals surface area contributed by atoms with Crippen LogP contribution in [0.15, 0.2) is 48.5 Å². The molecule has 2 atom stereocenters. The molecule has 2 rings (SSSR count). The molecule has 0 fully saturated rings. The molecular formula is C18H16F6O. The number of alkyl halides is 6. The summed E-state index contributed by atoms with van der Waals surface area (Å²) in [7, 11) is 0. The van der Waals surface area contributed by atoms with Gasteiger partial charge >= 0.3 is 12.4 Å². The summed E-state index contributed by atoms with van der Waals surface area (Å²) < 4.78 is 81.1. The molecule has 0 aliphatic carbocycles. The number of hydrogen-bond donors (Lipinski definition) is 0. The molecule has 0 bridgehead atoms. The van der Waals surface area contributed by atoms with Gasteiger partial charge in [-0.1, -0.05) is 24.3 Å². The van der Waals surface area contributed by atoms with Crippen LogP contribution in [0.3, 0.4) is 0 Å². The highest BCUT2D eigenvalue weighted by molar-refractivity contribution is 5.27. The third kappa shape index (κ3) is 4.98. The van der Waals surface area contributed by atoms with E-state index in [1.165, 1.54) is 24.3 Å². The van der Waals surface area contributed by atoms with E-state index < -0.39 is 35.7 Å². The van der Waals surface area contributed by atoms with E-state index in [1.54, 1.807) is 13.8 Å². The van der Waals surface area contributed by atoms with Crippen LogP contribution in [-0.4, -0.2) is 0 Å². The average Bonchev–Trinajstić information content (AvgIpc) is 2.53. The summed E-state index contributed by atoms with van der Waals surface area (Å²) in [5.74, 6) is 0. The van der Waals surface area contributed by atoms with Gasteiger partial charge in [0, 0.05) is 0 Å². The maximum absolute atomic E-state index is 12.6. The second kappa shape index (κ2) is 7.07. The average molecular weight is 362 g/mol. The van der Waals surface area contributed by atoms with Crippen molar-refractivity contribution < 1.29 is 31.1 Å². The van der Waals surface area contributed by atoms with Crippen molar-refractivity contribution in [3.63, 3.8) is 0 Å². The van der Waals surface area contributed by atoms with Crippen LogP contribution < -0.4 is 0 Å². The zero-order valence-corrected chi connectivity index (χ0v) is 13.4. The van der Waals surface area contributed by atoms with Crippen molar-refractivity contribution in [3.05, 3.63) is 70.8 Å². The number of rotatable bonds is 4. The van der Waals surface area contributed by atoms with Gasteiger partial charge in [-0.25, -0.2) is 0 Å². The van der Waals surface area contributed by atoms with Gasteiger partial charge in [0.25, 0.3) is 0 Å². The maximum atomic E-state index is 12.6. The van der Waals surface area contributed by atoms with Gasteiger partial charge in [0.2, 0.25) is 0 Å². The monoisotopic (exact) mass is 362 g/mol. The highest BCUT2D eigenvalue weighted by atomic mass is 19.4. The lowest BCUT2D eigenvalue weighted by atomic mass is 10.1. The lowest BCUT2D eigenvalue weighted by molar-refractivity contribution is -0.138. The van der Waals surface area contributed by atoms with Crippen LogP contribution in [0.4, 0.5) is 26.3 Å². The van der Waals surface area contributed by atoms with Crippen molar-refractivity contribution in [1.29, 1.82) is 0 Å². The minimum absolute atomic E-state index is 0.514. The Kier molecular flexibility index (Phi) is 5.46. The van der Waals surface area contributed by atoms with Crippen LogP contribution in [-0.2, 0) is 17.1 Å². The Morgan fingerprint density at radius 2 is 0.880 bits per heavy atom. The molecule has 0 saturated carbocycles. The number of hydrogen-bond acceptors (Lipinski definition) is 1. The van der Waals surface area contributed by atoms with Gasteiger partial charge in [0.05, 0.1) is 23.3 Å². The molecule has 2 aromatic carbocycles. The second-order valence-electron chi connectivity index (χ2n) is 5.66. The van der Waals surface area contributed by atoms with Crippen molar-refractivity contribution >= 4 is 0 Å². The van der Waals surface area contributed by atoms with E-state index in [0.717, 1.165) is 24.3 Å². The first-order valence-corrected chi connectivity index (χ1v) is 7.48. The molecule has 0 heterocycles. The summed E-state index contributed by atoms with van der Waals surface area (Å²) in [6.45, 7) is 3.34. The molecule has 0 amide bonds. The second-order valence-corrected chi connectivity index (χ2v) is 5.66. The first-order chi connectivity index (χ1) is 11.5. The molecule has 0 aliphatic heterocycles. The molecule has 0 spiro atoms. The Hall–Kier alpha value is -2.02. The zero-order valence-electron chi connectivity index (χ0n) is 13.4. The summed E-state index contributed by atoms with van der Waals surface area (Å²) >= 11 is 0. The number of halogens is 6. The lowest BCUT2D eigenvalue weighted by Crippen LogP contribution is -2.08. The first-order valence-electron chi connectivity index (χ1n) is 7.48. The van der Waals surface area contributed by atoms with E-state index in [4.69, 9.17) is 4.74 Å². The Balaban J connectivity index is 2.05. The van der Waals surface area contributed by atoms with Crippen molar-refractivity contribution in [3.8, 4) is 0 Å². The Morgan fingerprint density at radius 1 is 0.600 bits per heavy atom. The fourth-order valence-corrected chi connectivity index (χ4v) is 2.35. The molecule has 0 radical (unpaired) electrons. The molecule has 2 aromatic rings. The van der Waals surface area contributed by atoms with Gasteiger partial charge in [-0.15, -0.1) is 0 Å². The predicted molar refractivity (Wildman–Crippen MR) is 80.8 cm³/mol. The predicted octanol–water partition coefficient (Wildman–Crippen LogP) is 6.56. The summed E-state index contributed by atoms with van der Waals surface area (Å²) in [4.78, 5) is 0. The summed E-state index contributed by atoms with van der Waals surface area (Å²) in [5.41, 5.74) is -0.406. The van der Waals surface area contributed by atoms with Gasteiger partial charge in [0.15, 0.2) is 0 Å². The molecule has 25 heavy (non-hydrogen) atoms. The van der Waals surface area contributed by atoms with E-state index in [-0.39, 0.29) is 0 Å². The normalized spacial score (nSPS) is 15.0. The highest BCUT2D eigenvalue weighted by Gasteiger charge is 2.31. The number of ether oxygens (including phenoxy) is 1. The minimum Gasteiger partial charge on any atom is -0.366 e. The molecule has 1 nitrogen and oxygen atoms in total. The fourth-order valence-electron chi connectivity index (χ4n) is 2.35. The first kappa shape index (κ1) is 19.3. The van der Waals surface area contributed by atoms with Crippen molar-refractivity contribution in [2.24, 2.45) is 0 Å². The molecule has 7 heteroatoms. The van der Waals surface area contributed by atoms with Gasteiger partial charge in [0.1, 0.15) is 0 Å². The largest absolute Gasteiger partial charge is 0.416 e. The van der Waals surface area contributed by atoms with Gasteiger partial charge < -0.3 is 4.74 Å². The van der Waals surface area contributed by atoms with E-state index in [0.29, 0.717) is 11.1 Å². The third-order valence-electron chi connectivity index (χ3n) is 3.82. The SMILES string of the molecule is CC(OC(C)c1ccc(C(F)(F)F)cc1)c1ccc(C(F)(F)F)cc1. The quantitative estimate of drug-likeness (QED) is 0.560. The van der Waals surface area contributed by atoms with E-state index in [1.807, 2.05) is 0 Å². The summed E-state index contributed by atoms with van der Waals surface area (Å²) in [6, 6.07) is 9.19. The van der Waals surface area contributed by atoms with Crippen LogP contribution in [0.2, 0.25) is 0 Å². The van der Waals surface area contributed by atoms with Crippen molar-refractivity contribution in [2.75, 3.05) is 0 Å². The van der Waals surface area contributed by atoms with E-state index >= 15 is 0 Å². The van der Waals surface area contributed by atoms with Crippen LogP contribution in [0, 0.1) is 0 Å².